The van der Waals surface area contributed by atoms with Gasteiger partial charge >= 0.3 is 18.2 Å². The van der Waals surface area contributed by atoms with Crippen molar-refractivity contribution in [2.75, 3.05) is 6.54 Å². The number of ether oxygens (including phenoxy) is 2. The number of unbranched alkanes of at least 4 members (excludes halogenated alkanes) is 1. The van der Waals surface area contributed by atoms with Crippen molar-refractivity contribution in [3.8, 4) is 0 Å². The average Bonchev–Trinajstić information content (AvgIpc) is 2.51. The summed E-state index contributed by atoms with van der Waals surface area (Å²) >= 11 is 0. The van der Waals surface area contributed by atoms with Crippen LogP contribution >= 0.6 is 0 Å². The molecule has 0 aromatic carbocycles. The molecule has 1 aliphatic rings. The van der Waals surface area contributed by atoms with Crippen LogP contribution in [0.1, 0.15) is 65.2 Å². The van der Waals surface area contributed by atoms with E-state index in [1.54, 1.807) is 6.92 Å². The van der Waals surface area contributed by atoms with Gasteiger partial charge in [-0.2, -0.15) is 0 Å². The first-order valence-corrected chi connectivity index (χ1v) is 8.41. The topological polar surface area (TPSA) is 122 Å². The maximum absolute atomic E-state index is 11.6. The van der Waals surface area contributed by atoms with E-state index in [0.29, 0.717) is 18.9 Å². The first-order valence-electron chi connectivity index (χ1n) is 8.41. The van der Waals surface area contributed by atoms with E-state index >= 15 is 0 Å². The fraction of sp³-hybridized carbons (Fsp3) is 0.812. The zero-order chi connectivity index (χ0) is 18.4. The monoisotopic (exact) mass is 347 g/mol. The van der Waals surface area contributed by atoms with Gasteiger partial charge in [0.15, 0.2) is 0 Å². The Morgan fingerprint density at radius 2 is 1.71 bits per heavy atom. The summed E-state index contributed by atoms with van der Waals surface area (Å²) in [6.07, 6.45) is 5.05. The number of hydrogen-bond donors (Lipinski definition) is 3. The first kappa shape index (κ1) is 22.0. The van der Waals surface area contributed by atoms with Gasteiger partial charge in [-0.1, -0.05) is 32.6 Å². The van der Waals surface area contributed by atoms with Gasteiger partial charge < -0.3 is 25.0 Å². The molecule has 0 aliphatic heterocycles. The number of carbonyl (C=O) groups is 3. The standard InChI is InChI=1S/C15H27NO4.CH2O3/c1-3-4-10-14(17)19-12(2)20-15(18)16-11-13-8-6-5-7-9-13;2-1(3)4/h12-13H,3-11H2,1-2H3,(H,16,18);(H2,2,3,4). The summed E-state index contributed by atoms with van der Waals surface area (Å²) in [5.41, 5.74) is 0. The van der Waals surface area contributed by atoms with Crippen molar-refractivity contribution in [2.24, 2.45) is 5.92 Å². The van der Waals surface area contributed by atoms with Gasteiger partial charge in [-0.05, 0) is 25.2 Å². The third-order valence-electron chi connectivity index (χ3n) is 3.56. The summed E-state index contributed by atoms with van der Waals surface area (Å²) in [5, 5.41) is 16.7. The molecule has 8 heteroatoms. The molecular weight excluding hydrogens is 318 g/mol. The van der Waals surface area contributed by atoms with Crippen LogP contribution in [0.5, 0.6) is 0 Å². The Bertz CT molecular complexity index is 377. The number of carbonyl (C=O) groups excluding carboxylic acids is 2. The predicted octanol–water partition coefficient (Wildman–Crippen LogP) is 3.59. The minimum Gasteiger partial charge on any atom is -0.450 e. The Hall–Kier alpha value is -1.99. The van der Waals surface area contributed by atoms with Crippen LogP contribution in [-0.4, -0.2) is 41.3 Å². The summed E-state index contributed by atoms with van der Waals surface area (Å²) < 4.78 is 9.99. The summed E-state index contributed by atoms with van der Waals surface area (Å²) in [7, 11) is 0. The Kier molecular flexibility index (Phi) is 12.3. The Morgan fingerprint density at radius 3 is 2.25 bits per heavy atom. The average molecular weight is 347 g/mol. The molecule has 1 fully saturated rings. The molecule has 1 rings (SSSR count). The second-order valence-corrected chi connectivity index (χ2v) is 5.73. The fourth-order valence-electron chi connectivity index (χ4n) is 2.40. The largest absolute Gasteiger partial charge is 0.503 e. The Balaban J connectivity index is 0.00000118. The molecule has 1 saturated carbocycles. The molecule has 0 aromatic rings. The first-order chi connectivity index (χ1) is 11.3. The third kappa shape index (κ3) is 13.7. The van der Waals surface area contributed by atoms with E-state index in [0.717, 1.165) is 12.8 Å². The van der Waals surface area contributed by atoms with Crippen LogP contribution in [0.2, 0.25) is 0 Å². The minimum atomic E-state index is -1.83. The van der Waals surface area contributed by atoms with Crippen molar-refractivity contribution >= 4 is 18.2 Å². The molecule has 0 heterocycles. The highest BCUT2D eigenvalue weighted by molar-refractivity contribution is 5.70. The normalized spacial score (nSPS) is 15.4. The van der Waals surface area contributed by atoms with Crippen molar-refractivity contribution in [1.82, 2.24) is 5.32 Å². The molecule has 1 aliphatic carbocycles. The SMILES string of the molecule is CCCCC(=O)OC(C)OC(=O)NCC1CCCCC1.O=C(O)O. The zero-order valence-corrected chi connectivity index (χ0v) is 14.5. The second kappa shape index (κ2) is 13.4. The molecule has 0 bridgehead atoms. The van der Waals surface area contributed by atoms with E-state index in [1.165, 1.54) is 32.1 Å². The van der Waals surface area contributed by atoms with Crippen molar-refractivity contribution in [1.29, 1.82) is 0 Å². The quantitative estimate of drug-likeness (QED) is 0.475. The maximum Gasteiger partial charge on any atom is 0.503 e. The number of esters is 1. The van der Waals surface area contributed by atoms with Gasteiger partial charge in [0, 0.05) is 19.9 Å². The van der Waals surface area contributed by atoms with Crippen LogP contribution < -0.4 is 5.32 Å². The van der Waals surface area contributed by atoms with E-state index in [-0.39, 0.29) is 5.97 Å². The van der Waals surface area contributed by atoms with E-state index < -0.39 is 18.5 Å². The molecule has 0 radical (unpaired) electrons. The molecule has 0 aromatic heterocycles. The summed E-state index contributed by atoms with van der Waals surface area (Å²) in [6.45, 7) is 4.21. The zero-order valence-electron chi connectivity index (χ0n) is 14.5. The minimum absolute atomic E-state index is 0.320. The van der Waals surface area contributed by atoms with Gasteiger partial charge in [-0.3, -0.25) is 4.79 Å². The van der Waals surface area contributed by atoms with E-state index in [9.17, 15) is 9.59 Å². The lowest BCUT2D eigenvalue weighted by molar-refractivity contribution is -0.165. The summed E-state index contributed by atoms with van der Waals surface area (Å²) in [5.74, 6) is 0.234. The number of nitrogens with one attached hydrogen (secondary N) is 1. The maximum atomic E-state index is 11.6. The molecule has 0 spiro atoms. The third-order valence-corrected chi connectivity index (χ3v) is 3.56. The second-order valence-electron chi connectivity index (χ2n) is 5.73. The molecule has 140 valence electrons. The van der Waals surface area contributed by atoms with Crippen molar-refractivity contribution in [2.45, 2.75) is 71.5 Å². The fourth-order valence-corrected chi connectivity index (χ4v) is 2.40. The van der Waals surface area contributed by atoms with Crippen LogP contribution in [0.3, 0.4) is 0 Å². The van der Waals surface area contributed by atoms with Crippen LogP contribution in [0.15, 0.2) is 0 Å². The van der Waals surface area contributed by atoms with E-state index in [1.807, 2.05) is 6.92 Å². The van der Waals surface area contributed by atoms with Crippen LogP contribution in [0.25, 0.3) is 0 Å². The highest BCUT2D eigenvalue weighted by Crippen LogP contribution is 2.22. The van der Waals surface area contributed by atoms with Gasteiger partial charge in [0.1, 0.15) is 0 Å². The van der Waals surface area contributed by atoms with Gasteiger partial charge in [0.2, 0.25) is 6.29 Å². The van der Waals surface area contributed by atoms with Gasteiger partial charge in [0.05, 0.1) is 0 Å². The van der Waals surface area contributed by atoms with E-state index in [4.69, 9.17) is 24.5 Å². The van der Waals surface area contributed by atoms with Crippen LogP contribution in [0.4, 0.5) is 9.59 Å². The predicted molar refractivity (Wildman–Crippen MR) is 86.8 cm³/mol. The highest BCUT2D eigenvalue weighted by Gasteiger charge is 2.17. The molecule has 3 N–H and O–H groups in total. The number of carboxylic acid groups (broad SMARTS) is 2. The molecule has 1 atom stereocenters. The van der Waals surface area contributed by atoms with E-state index in [2.05, 4.69) is 5.32 Å². The van der Waals surface area contributed by atoms with Crippen molar-refractivity contribution in [3.63, 3.8) is 0 Å². The molecule has 0 saturated heterocycles. The van der Waals surface area contributed by atoms with Crippen LogP contribution in [0, 0.1) is 5.92 Å². The molecule has 24 heavy (non-hydrogen) atoms. The molecule has 8 nitrogen and oxygen atoms in total. The summed E-state index contributed by atoms with van der Waals surface area (Å²) in [4.78, 5) is 31.5. The lowest BCUT2D eigenvalue weighted by Crippen LogP contribution is -2.34. The number of rotatable bonds is 7. The Morgan fingerprint density at radius 1 is 1.12 bits per heavy atom. The van der Waals surface area contributed by atoms with Gasteiger partial charge in [-0.15, -0.1) is 0 Å². The number of hydrogen-bond acceptors (Lipinski definition) is 5. The highest BCUT2D eigenvalue weighted by atomic mass is 16.7. The Labute approximate surface area is 142 Å². The van der Waals surface area contributed by atoms with Crippen LogP contribution in [-0.2, 0) is 14.3 Å². The lowest BCUT2D eigenvalue weighted by atomic mass is 9.89. The number of alkyl carbamates (subject to hydrolysis) is 1. The van der Waals surface area contributed by atoms with Crippen molar-refractivity contribution < 1.29 is 34.1 Å². The number of amides is 1. The molecule has 1 unspecified atom stereocenters. The van der Waals surface area contributed by atoms with Gasteiger partial charge in [0.25, 0.3) is 0 Å². The van der Waals surface area contributed by atoms with Crippen molar-refractivity contribution in [3.05, 3.63) is 0 Å². The summed E-state index contributed by atoms with van der Waals surface area (Å²) in [6, 6.07) is 0. The van der Waals surface area contributed by atoms with Gasteiger partial charge in [-0.25, -0.2) is 9.59 Å². The molecular formula is C16H29NO7. The lowest BCUT2D eigenvalue weighted by Gasteiger charge is -2.22. The smallest absolute Gasteiger partial charge is 0.450 e. The molecule has 1 amide bonds.